The fourth-order valence-electron chi connectivity index (χ4n) is 4.22. The molecule has 0 aliphatic carbocycles. The van der Waals surface area contributed by atoms with E-state index in [1.165, 1.54) is 15.6 Å². The third-order valence-corrected chi connectivity index (χ3v) is 12.4. The molecule has 1 aromatic carbocycles. The average Bonchev–Trinajstić information content (AvgIpc) is 3.58. The van der Waals surface area contributed by atoms with Crippen LogP contribution in [0.15, 0.2) is 51.0 Å². The number of hydrogen-bond acceptors (Lipinski definition) is 8. The van der Waals surface area contributed by atoms with Crippen LogP contribution in [0.3, 0.4) is 0 Å². The van der Waals surface area contributed by atoms with Crippen LogP contribution in [0, 0.1) is 0 Å². The first kappa shape index (κ1) is 24.2. The predicted octanol–water partition coefficient (Wildman–Crippen LogP) is 4.37. The van der Waals surface area contributed by atoms with Gasteiger partial charge in [0.15, 0.2) is 0 Å². The van der Waals surface area contributed by atoms with Gasteiger partial charge in [0.1, 0.15) is 9.25 Å². The largest absolute Gasteiger partial charge is 0.351 e. The summed E-state index contributed by atoms with van der Waals surface area (Å²) in [4.78, 5) is 10.5. The number of H-pyrrole nitrogens is 1. The molecule has 1 fully saturated rings. The van der Waals surface area contributed by atoms with Crippen LogP contribution in [0.25, 0.3) is 10.9 Å². The zero-order chi connectivity index (χ0) is 23.9. The third kappa shape index (κ3) is 4.90. The lowest BCUT2D eigenvalue weighted by Crippen LogP contribution is -2.39. The Bertz CT molecular complexity index is 1290. The minimum Gasteiger partial charge on any atom is -0.351 e. The molecule has 2 aromatic heterocycles. The van der Waals surface area contributed by atoms with Crippen molar-refractivity contribution in [1.82, 2.24) is 9.88 Å². The van der Waals surface area contributed by atoms with Crippen LogP contribution in [0.4, 0.5) is 5.69 Å². The normalized spacial score (nSPS) is 22.1. The van der Waals surface area contributed by atoms with Crippen molar-refractivity contribution in [2.24, 2.45) is 4.99 Å². The maximum absolute atomic E-state index is 13.0. The van der Waals surface area contributed by atoms with Gasteiger partial charge in [0.2, 0.25) is 0 Å². The molecule has 12 heteroatoms. The highest BCUT2D eigenvalue weighted by molar-refractivity contribution is 8.24. The van der Waals surface area contributed by atoms with Crippen molar-refractivity contribution in [3.63, 3.8) is 0 Å². The molecule has 5 rings (SSSR count). The van der Waals surface area contributed by atoms with E-state index in [-0.39, 0.29) is 0 Å². The number of rotatable bonds is 7. The van der Waals surface area contributed by atoms with Crippen molar-refractivity contribution in [1.29, 1.82) is 0 Å². The van der Waals surface area contributed by atoms with Crippen LogP contribution in [-0.2, 0) is 10.0 Å². The SMILES string of the molecule is CN(c1cccc2cc(C3=NCC(CCN4CCS(O)(O)CC4)S3)[nH]c12)S(=O)(=O)c1cccs1. The van der Waals surface area contributed by atoms with Gasteiger partial charge in [-0.1, -0.05) is 30.0 Å². The number of para-hydroxylation sites is 1. The lowest BCUT2D eigenvalue weighted by molar-refractivity contribution is 0.282. The van der Waals surface area contributed by atoms with Crippen molar-refractivity contribution in [2.45, 2.75) is 15.9 Å². The second-order valence-corrected chi connectivity index (χ2v) is 15.4. The molecular weight excluding hydrogens is 513 g/mol. The maximum atomic E-state index is 13.0. The molecule has 3 N–H and O–H groups in total. The fourth-order valence-corrected chi connectivity index (χ4v) is 8.97. The van der Waals surface area contributed by atoms with Gasteiger partial charge >= 0.3 is 0 Å². The first-order valence-corrected chi connectivity index (χ1v) is 16.1. The number of fused-ring (bicyclic) bond motifs is 1. The topological polar surface area (TPSA) is 109 Å². The zero-order valence-corrected chi connectivity index (χ0v) is 22.0. The van der Waals surface area contributed by atoms with Crippen molar-refractivity contribution in [3.8, 4) is 0 Å². The smallest absolute Gasteiger partial charge is 0.273 e. The maximum Gasteiger partial charge on any atom is 0.273 e. The van der Waals surface area contributed by atoms with E-state index in [1.807, 2.05) is 24.3 Å². The lowest BCUT2D eigenvalue weighted by atomic mass is 10.2. The molecule has 2 aliphatic heterocycles. The van der Waals surface area contributed by atoms with Gasteiger partial charge in [-0.25, -0.2) is 8.42 Å². The molecule has 1 atom stereocenters. The van der Waals surface area contributed by atoms with Crippen molar-refractivity contribution in [2.75, 3.05) is 49.0 Å². The van der Waals surface area contributed by atoms with E-state index in [1.54, 1.807) is 36.3 Å². The van der Waals surface area contributed by atoms with Crippen LogP contribution in [0.2, 0.25) is 0 Å². The number of thioether (sulfide) groups is 1. The number of hydrogen-bond donors (Lipinski definition) is 3. The molecule has 4 heterocycles. The molecule has 3 aromatic rings. The number of anilines is 1. The Labute approximate surface area is 209 Å². The highest BCUT2D eigenvalue weighted by atomic mass is 32.3. The van der Waals surface area contributed by atoms with E-state index in [0.717, 1.165) is 54.2 Å². The van der Waals surface area contributed by atoms with Crippen molar-refractivity contribution < 1.29 is 17.5 Å². The molecule has 0 amide bonds. The second-order valence-electron chi connectivity index (χ2n) is 8.56. The lowest BCUT2D eigenvalue weighted by Gasteiger charge is -2.41. The van der Waals surface area contributed by atoms with Crippen molar-refractivity contribution in [3.05, 3.63) is 47.5 Å². The average molecular weight is 541 g/mol. The van der Waals surface area contributed by atoms with Gasteiger partial charge in [0, 0.05) is 30.8 Å². The number of nitrogens with one attached hydrogen (secondary N) is 1. The van der Waals surface area contributed by atoms with Gasteiger partial charge in [-0.05, 0) is 36.5 Å². The Balaban J connectivity index is 1.27. The van der Waals surface area contributed by atoms with Crippen molar-refractivity contribution >= 4 is 65.3 Å². The highest BCUT2D eigenvalue weighted by Crippen LogP contribution is 2.40. The number of thiophene rings is 1. The zero-order valence-electron chi connectivity index (χ0n) is 18.8. The fraction of sp³-hybridized carbons (Fsp3) is 0.409. The van der Waals surface area contributed by atoms with Crippen LogP contribution < -0.4 is 4.31 Å². The highest BCUT2D eigenvalue weighted by Gasteiger charge is 2.27. The van der Waals surface area contributed by atoms with Gasteiger partial charge in [-0.3, -0.25) is 18.4 Å². The molecule has 184 valence electrons. The number of nitrogens with zero attached hydrogens (tertiary/aromatic N) is 3. The molecule has 0 bridgehead atoms. The molecule has 34 heavy (non-hydrogen) atoms. The van der Waals surface area contributed by atoms with Crippen LogP contribution in [-0.4, -0.2) is 82.4 Å². The number of aliphatic imine (C=N–C) groups is 1. The van der Waals surface area contributed by atoms with E-state index in [2.05, 4.69) is 9.88 Å². The third-order valence-electron chi connectivity index (χ3n) is 6.27. The minimum absolute atomic E-state index is 0.316. The monoisotopic (exact) mass is 540 g/mol. The summed E-state index contributed by atoms with van der Waals surface area (Å²) in [5, 5.41) is 4.03. The van der Waals surface area contributed by atoms with Gasteiger partial charge in [-0.15, -0.1) is 11.3 Å². The molecule has 1 saturated heterocycles. The number of aromatic nitrogens is 1. The molecule has 0 spiro atoms. The summed E-state index contributed by atoms with van der Waals surface area (Å²) in [6, 6.07) is 11.1. The number of aromatic amines is 1. The summed E-state index contributed by atoms with van der Waals surface area (Å²) in [5.41, 5.74) is 2.29. The quantitative estimate of drug-likeness (QED) is 0.411. The van der Waals surface area contributed by atoms with E-state index in [0.29, 0.717) is 26.7 Å². The first-order chi connectivity index (χ1) is 16.2. The van der Waals surface area contributed by atoms with Gasteiger partial charge in [-0.2, -0.15) is 10.6 Å². The Morgan fingerprint density at radius 3 is 2.76 bits per heavy atom. The van der Waals surface area contributed by atoms with E-state index < -0.39 is 20.6 Å². The second kappa shape index (κ2) is 9.49. The van der Waals surface area contributed by atoms with E-state index in [4.69, 9.17) is 4.99 Å². The Hall–Kier alpha value is -1.54. The summed E-state index contributed by atoms with van der Waals surface area (Å²) in [7, 11) is -4.39. The molecule has 2 aliphatic rings. The van der Waals surface area contributed by atoms with E-state index in [9.17, 15) is 17.5 Å². The molecule has 1 unspecified atom stereocenters. The summed E-state index contributed by atoms with van der Waals surface area (Å²) < 4.78 is 47.3. The number of benzene rings is 1. The Morgan fingerprint density at radius 1 is 1.24 bits per heavy atom. The first-order valence-electron chi connectivity index (χ1n) is 11.0. The summed E-state index contributed by atoms with van der Waals surface area (Å²) >= 11 is 2.96. The van der Waals surface area contributed by atoms with Gasteiger partial charge in [0.05, 0.1) is 34.9 Å². The molecule has 8 nitrogen and oxygen atoms in total. The van der Waals surface area contributed by atoms with Crippen LogP contribution >= 0.6 is 33.7 Å². The molecule has 0 radical (unpaired) electrons. The Kier molecular flexibility index (Phi) is 6.75. The minimum atomic E-state index is -3.62. The van der Waals surface area contributed by atoms with Gasteiger partial charge < -0.3 is 9.88 Å². The summed E-state index contributed by atoms with van der Waals surface area (Å²) in [6.07, 6.45) is 0.990. The van der Waals surface area contributed by atoms with Crippen LogP contribution in [0.1, 0.15) is 12.1 Å². The van der Waals surface area contributed by atoms with Gasteiger partial charge in [0.25, 0.3) is 10.0 Å². The Morgan fingerprint density at radius 2 is 2.03 bits per heavy atom. The van der Waals surface area contributed by atoms with Crippen LogP contribution in [0.5, 0.6) is 0 Å². The van der Waals surface area contributed by atoms with E-state index >= 15 is 0 Å². The number of sulfonamides is 1. The summed E-state index contributed by atoms with van der Waals surface area (Å²) in [5.74, 6) is 0.946. The standard InChI is InChI=1S/C22H28N4O4S4/c1-25(34(29,30)20-6-3-11-31-20)19-5-2-4-16-14-18(24-21(16)19)22-23-15-17(32-22)7-8-26-9-12-33(27,28)13-10-26/h2-6,11,14,17,24,27-28H,7-10,12-13,15H2,1H3. The molecule has 0 saturated carbocycles. The predicted molar refractivity (Wildman–Crippen MR) is 145 cm³/mol. The summed E-state index contributed by atoms with van der Waals surface area (Å²) in [6.45, 7) is 3.15. The molecular formula is C22H28N4O4S4.